The summed E-state index contributed by atoms with van der Waals surface area (Å²) in [7, 11) is 0. The first-order valence-corrected chi connectivity index (χ1v) is 9.55. The first kappa shape index (κ1) is 15.3. The highest BCUT2D eigenvalue weighted by Gasteiger charge is 2.51. The normalized spacial score (nSPS) is 33.4. The van der Waals surface area contributed by atoms with Crippen LogP contribution < -0.4 is 5.32 Å². The fourth-order valence-corrected chi connectivity index (χ4v) is 6.05. The van der Waals surface area contributed by atoms with Gasteiger partial charge in [0.2, 0.25) is 5.11 Å². The van der Waals surface area contributed by atoms with Gasteiger partial charge in [-0.3, -0.25) is 0 Å². The predicted molar refractivity (Wildman–Crippen MR) is 101 cm³/mol. The molecule has 6 rings (SSSR count). The van der Waals surface area contributed by atoms with Crippen molar-refractivity contribution in [3.8, 4) is 5.75 Å². The number of nitrogens with one attached hydrogen (secondary N) is 2. The summed E-state index contributed by atoms with van der Waals surface area (Å²) in [6.07, 6.45) is 7.85. The fraction of sp³-hybridized carbons (Fsp3) is 0.526. The second-order valence-corrected chi connectivity index (χ2v) is 8.58. The first-order chi connectivity index (χ1) is 12.1. The van der Waals surface area contributed by atoms with Crippen LogP contribution >= 0.6 is 12.2 Å². The molecule has 0 spiro atoms. The number of aromatic hydroxyl groups is 1. The van der Waals surface area contributed by atoms with Crippen molar-refractivity contribution in [2.45, 2.75) is 44.1 Å². The van der Waals surface area contributed by atoms with Gasteiger partial charge in [-0.15, -0.1) is 10.2 Å². The number of azo groups is 1. The molecule has 1 heterocycles. The molecule has 0 radical (unpaired) electrons. The zero-order valence-corrected chi connectivity index (χ0v) is 14.9. The summed E-state index contributed by atoms with van der Waals surface area (Å²) >= 11 is 5.45. The number of aromatic nitrogens is 1. The van der Waals surface area contributed by atoms with Crippen LogP contribution in [0.4, 0.5) is 5.82 Å². The average molecular weight is 354 g/mol. The van der Waals surface area contributed by atoms with E-state index in [2.05, 4.69) is 20.5 Å². The highest BCUT2D eigenvalue weighted by Crippen LogP contribution is 2.55. The zero-order chi connectivity index (χ0) is 17.0. The van der Waals surface area contributed by atoms with Crippen LogP contribution in [0.3, 0.4) is 0 Å². The molecule has 0 saturated heterocycles. The number of nitrogens with zero attached hydrogens (tertiary/aromatic N) is 2. The molecule has 4 saturated carbocycles. The second kappa shape index (κ2) is 5.53. The molecule has 0 unspecified atom stereocenters. The standard InChI is InChI=1S/C19H22N4OS/c24-16-14-3-1-2-4-15(14)20-17(16)22-23-18(25)21-19-8-11-5-12(9-19)7-13(6-11)10-19/h1-4,11-13,20,24H,5-10H2,(H,21,25). The third kappa shape index (κ3) is 2.63. The molecule has 4 aliphatic rings. The first-order valence-electron chi connectivity index (χ1n) is 9.14. The maximum absolute atomic E-state index is 10.3. The van der Waals surface area contributed by atoms with E-state index in [4.69, 9.17) is 12.2 Å². The molecule has 130 valence electrons. The van der Waals surface area contributed by atoms with Crippen molar-refractivity contribution in [2.75, 3.05) is 0 Å². The number of rotatable bonds is 2. The minimum Gasteiger partial charge on any atom is -0.504 e. The Kier molecular flexibility index (Phi) is 3.39. The number of benzene rings is 1. The Morgan fingerprint density at radius 1 is 1.12 bits per heavy atom. The van der Waals surface area contributed by atoms with E-state index in [0.29, 0.717) is 10.9 Å². The number of aromatic amines is 1. The summed E-state index contributed by atoms with van der Waals surface area (Å²) in [5.41, 5.74) is 0.974. The van der Waals surface area contributed by atoms with Gasteiger partial charge in [0, 0.05) is 10.9 Å². The third-order valence-corrected chi connectivity index (χ3v) is 6.49. The quantitative estimate of drug-likeness (QED) is 0.536. The number of para-hydroxylation sites is 1. The lowest BCUT2D eigenvalue weighted by molar-refractivity contribution is -0.00989. The molecule has 3 N–H and O–H groups in total. The maximum Gasteiger partial charge on any atom is 0.214 e. The van der Waals surface area contributed by atoms with Crippen molar-refractivity contribution in [2.24, 2.45) is 28.0 Å². The molecule has 4 bridgehead atoms. The zero-order valence-electron chi connectivity index (χ0n) is 14.0. The van der Waals surface area contributed by atoms with Gasteiger partial charge in [0.25, 0.3) is 0 Å². The SMILES string of the molecule is Oc1c(N=NC(=S)NC23CC4CC(CC(C4)C2)C3)[nH]c2ccccc12. The van der Waals surface area contributed by atoms with E-state index < -0.39 is 0 Å². The highest BCUT2D eigenvalue weighted by atomic mass is 32.1. The van der Waals surface area contributed by atoms with E-state index in [1.54, 1.807) is 0 Å². The summed E-state index contributed by atoms with van der Waals surface area (Å²) in [4.78, 5) is 3.08. The molecule has 2 aromatic rings. The lowest BCUT2D eigenvalue weighted by Gasteiger charge is -2.56. The summed E-state index contributed by atoms with van der Waals surface area (Å²) in [6, 6.07) is 7.56. The Bertz CT molecular complexity index is 836. The lowest BCUT2D eigenvalue weighted by Crippen LogP contribution is -2.59. The molecule has 4 fully saturated rings. The van der Waals surface area contributed by atoms with E-state index in [-0.39, 0.29) is 11.3 Å². The van der Waals surface area contributed by atoms with E-state index in [1.165, 1.54) is 38.5 Å². The summed E-state index contributed by atoms with van der Waals surface area (Å²) in [5.74, 6) is 3.05. The molecule has 6 heteroatoms. The van der Waals surface area contributed by atoms with Gasteiger partial charge in [-0.05, 0) is 80.6 Å². The van der Waals surface area contributed by atoms with Gasteiger partial charge in [-0.25, -0.2) is 0 Å². The Morgan fingerprint density at radius 2 is 1.76 bits per heavy atom. The van der Waals surface area contributed by atoms with Gasteiger partial charge in [0.15, 0.2) is 11.6 Å². The Labute approximate surface area is 151 Å². The Morgan fingerprint density at radius 3 is 2.40 bits per heavy atom. The van der Waals surface area contributed by atoms with Crippen molar-refractivity contribution in [1.29, 1.82) is 0 Å². The van der Waals surface area contributed by atoms with Gasteiger partial charge < -0.3 is 15.4 Å². The van der Waals surface area contributed by atoms with E-state index in [1.807, 2.05) is 24.3 Å². The smallest absolute Gasteiger partial charge is 0.214 e. The van der Waals surface area contributed by atoms with Crippen LogP contribution in [0, 0.1) is 17.8 Å². The van der Waals surface area contributed by atoms with Crippen molar-refractivity contribution in [1.82, 2.24) is 10.3 Å². The van der Waals surface area contributed by atoms with Crippen molar-refractivity contribution in [3.05, 3.63) is 24.3 Å². The van der Waals surface area contributed by atoms with Crippen molar-refractivity contribution >= 4 is 34.1 Å². The fourth-order valence-electron chi connectivity index (χ4n) is 5.80. The second-order valence-electron chi connectivity index (χ2n) is 8.20. The largest absolute Gasteiger partial charge is 0.504 e. The van der Waals surface area contributed by atoms with Gasteiger partial charge in [-0.2, -0.15) is 0 Å². The van der Waals surface area contributed by atoms with Gasteiger partial charge in [-0.1, -0.05) is 12.1 Å². The summed E-state index contributed by atoms with van der Waals surface area (Å²) in [5, 5.41) is 23.3. The predicted octanol–water partition coefficient (Wildman–Crippen LogP) is 4.80. The monoisotopic (exact) mass is 354 g/mol. The van der Waals surface area contributed by atoms with Crippen LogP contribution in [0.15, 0.2) is 34.5 Å². The van der Waals surface area contributed by atoms with Gasteiger partial charge in [0.1, 0.15) is 0 Å². The number of thiocarbonyl (C=S) groups is 1. The highest BCUT2D eigenvalue weighted by molar-refractivity contribution is 7.80. The van der Waals surface area contributed by atoms with Crippen LogP contribution in [-0.2, 0) is 0 Å². The van der Waals surface area contributed by atoms with Crippen molar-refractivity contribution < 1.29 is 5.11 Å². The van der Waals surface area contributed by atoms with Crippen LogP contribution in [0.25, 0.3) is 10.9 Å². The molecule has 25 heavy (non-hydrogen) atoms. The van der Waals surface area contributed by atoms with Crippen LogP contribution in [0.2, 0.25) is 0 Å². The van der Waals surface area contributed by atoms with Crippen LogP contribution in [0.1, 0.15) is 38.5 Å². The molecule has 0 aliphatic heterocycles. The summed E-state index contributed by atoms with van der Waals surface area (Å²) < 4.78 is 0. The maximum atomic E-state index is 10.3. The number of fused-ring (bicyclic) bond motifs is 1. The molecular formula is C19H22N4OS. The Balaban J connectivity index is 1.33. The van der Waals surface area contributed by atoms with E-state index in [0.717, 1.165) is 28.7 Å². The summed E-state index contributed by atoms with van der Waals surface area (Å²) in [6.45, 7) is 0. The topological polar surface area (TPSA) is 72.8 Å². The third-order valence-electron chi connectivity index (χ3n) is 6.31. The molecule has 0 amide bonds. The van der Waals surface area contributed by atoms with E-state index in [9.17, 15) is 5.11 Å². The Hall–Kier alpha value is -1.95. The average Bonchev–Trinajstić information content (AvgIpc) is 2.88. The number of hydrogen-bond acceptors (Lipinski definition) is 3. The number of hydrogen-bond donors (Lipinski definition) is 3. The molecular weight excluding hydrogens is 332 g/mol. The molecule has 0 atom stereocenters. The minimum absolute atomic E-state index is 0.122. The van der Waals surface area contributed by atoms with Crippen LogP contribution in [0.5, 0.6) is 5.75 Å². The molecule has 4 aliphatic carbocycles. The van der Waals surface area contributed by atoms with Crippen molar-refractivity contribution in [3.63, 3.8) is 0 Å². The van der Waals surface area contributed by atoms with Crippen LogP contribution in [-0.4, -0.2) is 20.7 Å². The van der Waals surface area contributed by atoms with Gasteiger partial charge in [0.05, 0.1) is 5.52 Å². The molecule has 1 aromatic heterocycles. The molecule has 5 nitrogen and oxygen atoms in total. The van der Waals surface area contributed by atoms with E-state index >= 15 is 0 Å². The molecule has 1 aromatic carbocycles. The van der Waals surface area contributed by atoms with Gasteiger partial charge >= 0.3 is 0 Å². The minimum atomic E-state index is 0.122. The number of H-pyrrole nitrogens is 1. The lowest BCUT2D eigenvalue weighted by atomic mass is 9.53.